The van der Waals surface area contributed by atoms with Gasteiger partial charge in [-0.05, 0) is 38.6 Å². The normalized spacial score (nSPS) is 19.7. The molecule has 2 heterocycles. The summed E-state index contributed by atoms with van der Waals surface area (Å²) in [5, 5.41) is 0. The highest BCUT2D eigenvalue weighted by atomic mass is 32.2. The third-order valence-corrected chi connectivity index (χ3v) is 5.42. The molecule has 0 aliphatic carbocycles. The number of rotatable bonds is 3. The van der Waals surface area contributed by atoms with Gasteiger partial charge in [0.15, 0.2) is 9.84 Å². The van der Waals surface area contributed by atoms with Crippen molar-refractivity contribution >= 4 is 9.84 Å². The van der Waals surface area contributed by atoms with E-state index in [1.807, 2.05) is 6.20 Å². The maximum atomic E-state index is 11.5. The third kappa shape index (κ3) is 3.76. The summed E-state index contributed by atoms with van der Waals surface area (Å²) in [5.74, 6) is 0.447. The first kappa shape index (κ1) is 16.1. The van der Waals surface area contributed by atoms with Gasteiger partial charge in [-0.15, -0.1) is 0 Å². The number of sulfone groups is 1. The Morgan fingerprint density at radius 1 is 1.13 bits per heavy atom. The molecule has 0 bridgehead atoms. The molecule has 1 saturated heterocycles. The SMILES string of the molecule is CN1CCC[C@H](c2cnc(-c3ccc(S(C)(=O)=O)cc3)cn2)C1. The van der Waals surface area contributed by atoms with Crippen LogP contribution in [-0.2, 0) is 9.84 Å². The zero-order valence-electron chi connectivity index (χ0n) is 13.4. The molecule has 1 aliphatic heterocycles. The van der Waals surface area contributed by atoms with Crippen molar-refractivity contribution in [3.8, 4) is 11.3 Å². The highest BCUT2D eigenvalue weighted by Crippen LogP contribution is 2.25. The molecule has 0 amide bonds. The lowest BCUT2D eigenvalue weighted by Gasteiger charge is -2.29. The number of nitrogens with zero attached hydrogens (tertiary/aromatic N) is 3. The van der Waals surface area contributed by atoms with Crippen molar-refractivity contribution in [2.75, 3.05) is 26.4 Å². The summed E-state index contributed by atoms with van der Waals surface area (Å²) in [6.07, 6.45) is 7.18. The summed E-state index contributed by atoms with van der Waals surface area (Å²) in [4.78, 5) is 11.7. The van der Waals surface area contributed by atoms with E-state index in [1.165, 1.54) is 12.7 Å². The summed E-state index contributed by atoms with van der Waals surface area (Å²) in [6.45, 7) is 2.17. The Hall–Kier alpha value is -1.79. The topological polar surface area (TPSA) is 63.2 Å². The van der Waals surface area contributed by atoms with Crippen molar-refractivity contribution in [1.29, 1.82) is 0 Å². The Labute approximate surface area is 137 Å². The van der Waals surface area contributed by atoms with Crippen molar-refractivity contribution in [3.63, 3.8) is 0 Å². The molecule has 0 N–H and O–H groups in total. The van der Waals surface area contributed by atoms with Gasteiger partial charge in [0.1, 0.15) is 0 Å². The molecule has 6 heteroatoms. The first-order chi connectivity index (χ1) is 10.9. The molecule has 23 heavy (non-hydrogen) atoms. The van der Waals surface area contributed by atoms with Crippen molar-refractivity contribution in [2.45, 2.75) is 23.7 Å². The first-order valence-electron chi connectivity index (χ1n) is 7.74. The predicted molar refractivity (Wildman–Crippen MR) is 90.0 cm³/mol. The number of aromatic nitrogens is 2. The van der Waals surface area contributed by atoms with E-state index in [9.17, 15) is 8.42 Å². The van der Waals surface area contributed by atoms with Crippen LogP contribution in [0.1, 0.15) is 24.5 Å². The fourth-order valence-corrected chi connectivity index (χ4v) is 3.61. The second-order valence-corrected chi connectivity index (χ2v) is 8.24. The Kier molecular flexibility index (Phi) is 4.46. The van der Waals surface area contributed by atoms with Crippen molar-refractivity contribution in [2.24, 2.45) is 0 Å². The Morgan fingerprint density at radius 3 is 2.43 bits per heavy atom. The van der Waals surface area contributed by atoms with Crippen molar-refractivity contribution in [3.05, 3.63) is 42.4 Å². The molecule has 0 unspecified atom stereocenters. The minimum absolute atomic E-state index is 0.316. The zero-order valence-corrected chi connectivity index (χ0v) is 14.3. The second-order valence-electron chi connectivity index (χ2n) is 6.22. The van der Waals surface area contributed by atoms with Crippen LogP contribution >= 0.6 is 0 Å². The quantitative estimate of drug-likeness (QED) is 0.864. The minimum atomic E-state index is -3.17. The van der Waals surface area contributed by atoms with Crippen LogP contribution in [0.25, 0.3) is 11.3 Å². The van der Waals surface area contributed by atoms with Gasteiger partial charge in [0.05, 0.1) is 22.5 Å². The molecule has 1 aromatic heterocycles. The van der Waals surface area contributed by atoms with Crippen molar-refractivity contribution in [1.82, 2.24) is 14.9 Å². The zero-order chi connectivity index (χ0) is 16.4. The average molecular weight is 331 g/mol. The number of hydrogen-bond acceptors (Lipinski definition) is 5. The maximum absolute atomic E-state index is 11.5. The summed E-state index contributed by atoms with van der Waals surface area (Å²) in [6, 6.07) is 6.76. The molecule has 0 saturated carbocycles. The number of hydrogen-bond donors (Lipinski definition) is 0. The fourth-order valence-electron chi connectivity index (χ4n) is 2.98. The van der Waals surface area contributed by atoms with E-state index in [-0.39, 0.29) is 0 Å². The molecule has 0 spiro atoms. The van der Waals surface area contributed by atoms with Gasteiger partial charge in [-0.25, -0.2) is 8.42 Å². The predicted octanol–water partition coefficient (Wildman–Crippen LogP) is 2.36. The van der Waals surface area contributed by atoms with Crippen LogP contribution in [0.4, 0.5) is 0 Å². The van der Waals surface area contributed by atoms with E-state index >= 15 is 0 Å². The number of likely N-dealkylation sites (tertiary alicyclic amines) is 1. The number of benzene rings is 1. The smallest absolute Gasteiger partial charge is 0.175 e. The molecule has 1 aliphatic rings. The van der Waals surface area contributed by atoms with Gasteiger partial charge in [-0.2, -0.15) is 0 Å². The van der Waals surface area contributed by atoms with E-state index in [0.717, 1.165) is 36.5 Å². The summed E-state index contributed by atoms with van der Waals surface area (Å²) >= 11 is 0. The molecule has 0 radical (unpaired) electrons. The summed E-state index contributed by atoms with van der Waals surface area (Å²) in [7, 11) is -1.03. The molecule has 1 atom stereocenters. The van der Waals surface area contributed by atoms with E-state index in [0.29, 0.717) is 10.8 Å². The van der Waals surface area contributed by atoms with Crippen LogP contribution < -0.4 is 0 Å². The number of likely N-dealkylation sites (N-methyl/N-ethyl adjacent to an activating group) is 1. The van der Waals surface area contributed by atoms with Crippen LogP contribution in [-0.4, -0.2) is 49.7 Å². The number of piperidine rings is 1. The van der Waals surface area contributed by atoms with Gasteiger partial charge in [-0.1, -0.05) is 12.1 Å². The summed E-state index contributed by atoms with van der Waals surface area (Å²) in [5.41, 5.74) is 2.67. The molecule has 3 rings (SSSR count). The highest BCUT2D eigenvalue weighted by molar-refractivity contribution is 7.90. The highest BCUT2D eigenvalue weighted by Gasteiger charge is 2.20. The van der Waals surface area contributed by atoms with Crippen LogP contribution in [0, 0.1) is 0 Å². The largest absolute Gasteiger partial charge is 0.306 e. The third-order valence-electron chi connectivity index (χ3n) is 4.29. The molecule has 1 fully saturated rings. The Balaban J connectivity index is 1.79. The standard InChI is InChI=1S/C17H21N3O2S/c1-20-9-3-4-14(12-20)17-11-18-16(10-19-17)13-5-7-15(8-6-13)23(2,21)22/h5-8,10-11,14H,3-4,9,12H2,1-2H3/t14-/m0/s1. The monoisotopic (exact) mass is 331 g/mol. The van der Waals surface area contributed by atoms with Gasteiger partial charge < -0.3 is 4.90 Å². The van der Waals surface area contributed by atoms with Gasteiger partial charge in [0.2, 0.25) is 0 Å². The van der Waals surface area contributed by atoms with Gasteiger partial charge >= 0.3 is 0 Å². The second kappa shape index (κ2) is 6.37. The van der Waals surface area contributed by atoms with Crippen LogP contribution in [0.3, 0.4) is 0 Å². The Morgan fingerprint density at radius 2 is 1.87 bits per heavy atom. The Bertz CT molecular complexity index is 770. The first-order valence-corrected chi connectivity index (χ1v) is 9.63. The maximum Gasteiger partial charge on any atom is 0.175 e. The lowest BCUT2D eigenvalue weighted by atomic mass is 9.95. The molecular formula is C17H21N3O2S. The molecule has 1 aromatic carbocycles. The van der Waals surface area contributed by atoms with Crippen LogP contribution in [0.2, 0.25) is 0 Å². The van der Waals surface area contributed by atoms with E-state index in [1.54, 1.807) is 30.5 Å². The minimum Gasteiger partial charge on any atom is -0.306 e. The van der Waals surface area contributed by atoms with E-state index in [2.05, 4.69) is 21.9 Å². The molecule has 2 aromatic rings. The van der Waals surface area contributed by atoms with Gasteiger partial charge in [-0.3, -0.25) is 9.97 Å². The van der Waals surface area contributed by atoms with Crippen LogP contribution in [0.5, 0.6) is 0 Å². The van der Waals surface area contributed by atoms with E-state index in [4.69, 9.17) is 0 Å². The lowest BCUT2D eigenvalue weighted by molar-refractivity contribution is 0.248. The van der Waals surface area contributed by atoms with Crippen LogP contribution in [0.15, 0.2) is 41.6 Å². The fraction of sp³-hybridized carbons (Fsp3) is 0.412. The summed E-state index contributed by atoms with van der Waals surface area (Å²) < 4.78 is 23.0. The molecule has 5 nitrogen and oxygen atoms in total. The van der Waals surface area contributed by atoms with Crippen molar-refractivity contribution < 1.29 is 8.42 Å². The molecular weight excluding hydrogens is 310 g/mol. The lowest BCUT2D eigenvalue weighted by Crippen LogP contribution is -2.31. The van der Waals surface area contributed by atoms with E-state index < -0.39 is 9.84 Å². The van der Waals surface area contributed by atoms with Gasteiger partial charge in [0, 0.05) is 30.5 Å². The molecule has 122 valence electrons. The average Bonchev–Trinajstić information content (AvgIpc) is 2.54. The van der Waals surface area contributed by atoms with Gasteiger partial charge in [0.25, 0.3) is 0 Å².